The Hall–Kier alpha value is -2.22. The van der Waals surface area contributed by atoms with E-state index >= 15 is 0 Å². The Morgan fingerprint density at radius 2 is 2.14 bits per heavy atom. The Bertz CT molecular complexity index is 514. The molecule has 8 heteroatoms. The van der Waals surface area contributed by atoms with Gasteiger partial charge in [0.25, 0.3) is 0 Å². The summed E-state index contributed by atoms with van der Waals surface area (Å²) in [7, 11) is 0. The lowest BCUT2D eigenvalue weighted by molar-refractivity contribution is -0.384. The van der Waals surface area contributed by atoms with E-state index in [0.29, 0.717) is 38.4 Å². The molecule has 0 radical (unpaired) electrons. The summed E-state index contributed by atoms with van der Waals surface area (Å²) in [4.78, 5) is 30.0. The van der Waals surface area contributed by atoms with Gasteiger partial charge in [0.15, 0.2) is 0 Å². The Kier molecular flexibility index (Phi) is 5.04. The summed E-state index contributed by atoms with van der Waals surface area (Å²) in [5.74, 6) is 0.0701. The lowest BCUT2D eigenvalue weighted by atomic mass is 10.2. The van der Waals surface area contributed by atoms with E-state index in [-0.39, 0.29) is 11.6 Å². The molecule has 0 aromatic carbocycles. The molecule has 1 aromatic rings. The van der Waals surface area contributed by atoms with Crippen molar-refractivity contribution in [3.8, 4) is 0 Å². The number of carbonyl (C=O) groups is 1. The van der Waals surface area contributed by atoms with Crippen LogP contribution in [-0.4, -0.2) is 60.0 Å². The van der Waals surface area contributed by atoms with Gasteiger partial charge in [-0.3, -0.25) is 19.9 Å². The Balaban J connectivity index is 1.98. The van der Waals surface area contributed by atoms with E-state index < -0.39 is 4.92 Å². The molecule has 114 valence electrons. The lowest BCUT2D eigenvalue weighted by Crippen LogP contribution is -2.51. The normalized spacial score (nSPS) is 15.1. The molecule has 1 saturated heterocycles. The van der Waals surface area contributed by atoms with Crippen LogP contribution in [0.1, 0.15) is 6.92 Å². The second kappa shape index (κ2) is 6.98. The van der Waals surface area contributed by atoms with E-state index in [1.165, 1.54) is 6.20 Å². The van der Waals surface area contributed by atoms with E-state index in [1.54, 1.807) is 17.2 Å². The highest BCUT2D eigenvalue weighted by Crippen LogP contribution is 2.27. The third-order valence-electron chi connectivity index (χ3n) is 3.47. The van der Waals surface area contributed by atoms with Crippen LogP contribution in [0.15, 0.2) is 18.5 Å². The topological polar surface area (TPSA) is 91.6 Å². The first-order valence-electron chi connectivity index (χ1n) is 6.95. The molecular formula is C13H19N5O3. The van der Waals surface area contributed by atoms with Crippen molar-refractivity contribution in [1.29, 1.82) is 0 Å². The van der Waals surface area contributed by atoms with Gasteiger partial charge in [-0.1, -0.05) is 6.92 Å². The summed E-state index contributed by atoms with van der Waals surface area (Å²) in [6.45, 7) is 5.37. The van der Waals surface area contributed by atoms with Crippen molar-refractivity contribution in [1.82, 2.24) is 15.2 Å². The highest BCUT2D eigenvalue weighted by Gasteiger charge is 2.25. The number of likely N-dealkylation sites (N-methyl/N-ethyl adjacent to an activating group) is 1. The Morgan fingerprint density at radius 3 is 2.76 bits per heavy atom. The van der Waals surface area contributed by atoms with Crippen molar-refractivity contribution in [2.75, 3.05) is 44.2 Å². The van der Waals surface area contributed by atoms with Gasteiger partial charge < -0.3 is 15.1 Å². The zero-order chi connectivity index (χ0) is 15.2. The minimum atomic E-state index is -0.426. The van der Waals surface area contributed by atoms with Crippen molar-refractivity contribution in [3.05, 3.63) is 28.6 Å². The Morgan fingerprint density at radius 1 is 1.43 bits per heavy atom. The molecule has 21 heavy (non-hydrogen) atoms. The number of pyridine rings is 1. The molecule has 1 N–H and O–H groups in total. The number of nitro groups is 1. The second-order valence-electron chi connectivity index (χ2n) is 4.77. The molecule has 0 bridgehead atoms. The Labute approximate surface area is 122 Å². The van der Waals surface area contributed by atoms with E-state index in [4.69, 9.17) is 0 Å². The monoisotopic (exact) mass is 293 g/mol. The maximum absolute atomic E-state index is 11.9. The second-order valence-corrected chi connectivity index (χ2v) is 4.77. The van der Waals surface area contributed by atoms with Gasteiger partial charge in [0.1, 0.15) is 11.9 Å². The molecule has 0 aliphatic carbocycles. The number of piperazine rings is 1. The third-order valence-corrected chi connectivity index (χ3v) is 3.47. The predicted octanol–water partition coefficient (Wildman–Crippen LogP) is 0.248. The zero-order valence-corrected chi connectivity index (χ0v) is 12.0. The molecule has 0 atom stereocenters. The van der Waals surface area contributed by atoms with Crippen LogP contribution in [0, 0.1) is 10.1 Å². The van der Waals surface area contributed by atoms with E-state index in [0.717, 1.165) is 6.54 Å². The minimum Gasteiger partial charge on any atom is -0.362 e. The number of aromatic nitrogens is 1. The van der Waals surface area contributed by atoms with E-state index in [9.17, 15) is 14.9 Å². The van der Waals surface area contributed by atoms with Crippen molar-refractivity contribution in [2.45, 2.75) is 6.92 Å². The van der Waals surface area contributed by atoms with Crippen LogP contribution in [0.5, 0.6) is 0 Å². The van der Waals surface area contributed by atoms with Crippen LogP contribution in [0.4, 0.5) is 11.4 Å². The van der Waals surface area contributed by atoms with Crippen molar-refractivity contribution in [2.24, 2.45) is 0 Å². The van der Waals surface area contributed by atoms with Crippen molar-refractivity contribution < 1.29 is 9.72 Å². The largest absolute Gasteiger partial charge is 0.362 e. The number of rotatable bonds is 5. The van der Waals surface area contributed by atoms with E-state index in [1.807, 2.05) is 11.8 Å². The molecule has 1 aromatic heterocycles. The maximum Gasteiger partial charge on any atom is 0.310 e. The quantitative estimate of drug-likeness (QED) is 0.618. The molecule has 0 spiro atoms. The van der Waals surface area contributed by atoms with Gasteiger partial charge >= 0.3 is 5.69 Å². The molecule has 0 saturated carbocycles. The van der Waals surface area contributed by atoms with Gasteiger partial charge in [0.2, 0.25) is 5.91 Å². The average Bonchev–Trinajstić information content (AvgIpc) is 2.52. The van der Waals surface area contributed by atoms with Crippen LogP contribution in [0.25, 0.3) is 0 Å². The highest BCUT2D eigenvalue weighted by atomic mass is 16.6. The molecule has 2 heterocycles. The number of nitrogens with zero attached hydrogens (tertiary/aromatic N) is 4. The number of anilines is 1. The third kappa shape index (κ3) is 3.66. The zero-order valence-electron chi connectivity index (χ0n) is 12.0. The number of carbonyl (C=O) groups excluding carboxylic acids is 1. The van der Waals surface area contributed by atoms with Crippen LogP contribution < -0.4 is 10.2 Å². The summed E-state index contributed by atoms with van der Waals surface area (Å²) < 4.78 is 0. The molecule has 1 fully saturated rings. The first-order valence-corrected chi connectivity index (χ1v) is 6.95. The fraction of sp³-hybridized carbons (Fsp3) is 0.538. The fourth-order valence-electron chi connectivity index (χ4n) is 2.33. The van der Waals surface area contributed by atoms with Gasteiger partial charge in [-0.15, -0.1) is 0 Å². The molecule has 8 nitrogen and oxygen atoms in total. The fourth-order valence-corrected chi connectivity index (χ4v) is 2.33. The van der Waals surface area contributed by atoms with Gasteiger partial charge in [-0.2, -0.15) is 0 Å². The number of hydrogen-bond acceptors (Lipinski definition) is 6. The predicted molar refractivity (Wildman–Crippen MR) is 78.2 cm³/mol. The summed E-state index contributed by atoms with van der Waals surface area (Å²) >= 11 is 0. The number of nitrogens with one attached hydrogen (secondary N) is 1. The van der Waals surface area contributed by atoms with Crippen LogP contribution in [0.2, 0.25) is 0 Å². The maximum atomic E-state index is 11.9. The smallest absolute Gasteiger partial charge is 0.310 e. The van der Waals surface area contributed by atoms with Gasteiger partial charge in [-0.05, 0) is 12.6 Å². The SMILES string of the molecule is CCNCC(=O)N1CCN(c2ccncc2[N+](=O)[O-])CC1. The summed E-state index contributed by atoms with van der Waals surface area (Å²) in [6.07, 6.45) is 2.81. The number of amides is 1. The molecule has 1 aliphatic rings. The van der Waals surface area contributed by atoms with Crippen LogP contribution in [0.3, 0.4) is 0 Å². The average molecular weight is 293 g/mol. The standard InChI is InChI=1S/C13H19N5O3/c1-2-14-10-13(19)17-7-5-16(6-8-17)11-3-4-15-9-12(11)18(20)21/h3-4,9,14H,2,5-8,10H2,1H3. The molecular weight excluding hydrogens is 274 g/mol. The van der Waals surface area contributed by atoms with Gasteiger partial charge in [0.05, 0.1) is 11.5 Å². The van der Waals surface area contributed by atoms with Gasteiger partial charge in [-0.25, -0.2) is 0 Å². The van der Waals surface area contributed by atoms with Crippen LogP contribution >= 0.6 is 0 Å². The minimum absolute atomic E-state index is 0.00456. The van der Waals surface area contributed by atoms with Crippen molar-refractivity contribution in [3.63, 3.8) is 0 Å². The molecule has 2 rings (SSSR count). The first kappa shape index (κ1) is 15.2. The molecule has 1 aliphatic heterocycles. The molecule has 0 unspecified atom stereocenters. The summed E-state index contributed by atoms with van der Waals surface area (Å²) in [5, 5.41) is 14.0. The van der Waals surface area contributed by atoms with Crippen LogP contribution in [-0.2, 0) is 4.79 Å². The van der Waals surface area contributed by atoms with Gasteiger partial charge in [0, 0.05) is 32.4 Å². The molecule has 1 amide bonds. The summed E-state index contributed by atoms with van der Waals surface area (Å²) in [6, 6.07) is 1.65. The first-order chi connectivity index (χ1) is 10.1. The highest BCUT2D eigenvalue weighted by molar-refractivity contribution is 5.78. The number of hydrogen-bond donors (Lipinski definition) is 1. The van der Waals surface area contributed by atoms with E-state index in [2.05, 4.69) is 10.3 Å². The summed E-state index contributed by atoms with van der Waals surface area (Å²) in [5.41, 5.74) is 0.568. The lowest BCUT2D eigenvalue weighted by Gasteiger charge is -2.35. The van der Waals surface area contributed by atoms with Crippen molar-refractivity contribution >= 4 is 17.3 Å².